The highest BCUT2D eigenvalue weighted by Gasteiger charge is 2.21. The lowest BCUT2D eigenvalue weighted by Gasteiger charge is -2.23. The van der Waals surface area contributed by atoms with Crippen molar-refractivity contribution in [2.75, 3.05) is 59.2 Å². The molecule has 0 atom stereocenters. The molecule has 1 N–H and O–H groups in total. The number of ether oxygens (including phenoxy) is 1. The van der Waals surface area contributed by atoms with Crippen molar-refractivity contribution in [3.05, 3.63) is 0 Å². The summed E-state index contributed by atoms with van der Waals surface area (Å²) in [4.78, 5) is 6.14. The van der Waals surface area contributed by atoms with E-state index in [9.17, 15) is 8.42 Å². The number of hydrogen-bond acceptors (Lipinski definition) is 4. The molecule has 24 heavy (non-hydrogen) atoms. The second-order valence-electron chi connectivity index (χ2n) is 5.81. The molecule has 1 saturated carbocycles. The predicted octanol–water partition coefficient (Wildman–Crippen LogP) is 1.21. The minimum atomic E-state index is -3.20. The first-order valence-electron chi connectivity index (χ1n) is 8.41. The van der Waals surface area contributed by atoms with Crippen LogP contribution in [0.5, 0.6) is 0 Å². The molecule has 0 aliphatic heterocycles. The number of nitrogens with one attached hydrogen (secondary N) is 1. The molecule has 0 heterocycles. The van der Waals surface area contributed by atoms with Crippen molar-refractivity contribution < 1.29 is 13.2 Å². The van der Waals surface area contributed by atoms with E-state index in [1.165, 1.54) is 17.1 Å². The maximum Gasteiger partial charge on any atom is 0.215 e. The quantitative estimate of drug-likeness (QED) is 0.210. The minimum Gasteiger partial charge on any atom is -0.379 e. The van der Waals surface area contributed by atoms with Gasteiger partial charge in [-0.15, -0.1) is 24.0 Å². The number of halogens is 1. The van der Waals surface area contributed by atoms with Crippen molar-refractivity contribution in [2.45, 2.75) is 26.7 Å². The predicted molar refractivity (Wildman–Crippen MR) is 110 cm³/mol. The van der Waals surface area contributed by atoms with Crippen LogP contribution in [0.4, 0.5) is 0 Å². The Morgan fingerprint density at radius 3 is 2.42 bits per heavy atom. The van der Waals surface area contributed by atoms with Crippen LogP contribution in [0.1, 0.15) is 26.7 Å². The van der Waals surface area contributed by atoms with E-state index in [-0.39, 0.29) is 29.7 Å². The Balaban J connectivity index is 0.00000529. The van der Waals surface area contributed by atoms with Crippen LogP contribution in [0.15, 0.2) is 4.99 Å². The number of nitrogens with zero attached hydrogens (tertiary/aromatic N) is 3. The molecule has 7 nitrogen and oxygen atoms in total. The molecule has 0 unspecified atom stereocenters. The Kier molecular flexibility index (Phi) is 12.2. The lowest BCUT2D eigenvalue weighted by atomic mass is 10.5. The van der Waals surface area contributed by atoms with Gasteiger partial charge in [0, 0.05) is 46.9 Å². The van der Waals surface area contributed by atoms with E-state index in [2.05, 4.69) is 10.3 Å². The fourth-order valence-electron chi connectivity index (χ4n) is 2.26. The molecule has 9 heteroatoms. The Hall–Kier alpha value is -0.130. The first kappa shape index (κ1) is 23.9. The summed E-state index contributed by atoms with van der Waals surface area (Å²) >= 11 is 0. The third-order valence-corrected chi connectivity index (χ3v) is 5.96. The maximum atomic E-state index is 12.1. The third kappa shape index (κ3) is 8.82. The van der Waals surface area contributed by atoms with Gasteiger partial charge in [-0.05, 0) is 18.8 Å². The zero-order valence-corrected chi connectivity index (χ0v) is 18.5. The van der Waals surface area contributed by atoms with Gasteiger partial charge < -0.3 is 15.0 Å². The first-order chi connectivity index (χ1) is 10.9. The summed E-state index contributed by atoms with van der Waals surface area (Å²) in [5.41, 5.74) is 0. The monoisotopic (exact) mass is 476 g/mol. The van der Waals surface area contributed by atoms with Crippen LogP contribution in [0, 0.1) is 5.92 Å². The van der Waals surface area contributed by atoms with Gasteiger partial charge in [0.15, 0.2) is 5.96 Å². The molecule has 0 aromatic rings. The average molecular weight is 476 g/mol. The van der Waals surface area contributed by atoms with E-state index < -0.39 is 10.0 Å². The molecule has 0 saturated heterocycles. The zero-order chi connectivity index (χ0) is 17.3. The van der Waals surface area contributed by atoms with Crippen molar-refractivity contribution in [3.63, 3.8) is 0 Å². The largest absolute Gasteiger partial charge is 0.379 e. The van der Waals surface area contributed by atoms with Crippen LogP contribution in [-0.4, -0.2) is 82.8 Å². The number of guanidine groups is 1. The first-order valence-corrected chi connectivity index (χ1v) is 10.0. The molecular weight excluding hydrogens is 443 g/mol. The normalized spacial score (nSPS) is 15.3. The lowest BCUT2D eigenvalue weighted by Crippen LogP contribution is -2.43. The minimum absolute atomic E-state index is 0. The highest BCUT2D eigenvalue weighted by Crippen LogP contribution is 2.28. The fourth-order valence-corrected chi connectivity index (χ4v) is 3.67. The average Bonchev–Trinajstić information content (AvgIpc) is 3.33. The van der Waals surface area contributed by atoms with Crippen LogP contribution in [0.2, 0.25) is 0 Å². The van der Waals surface area contributed by atoms with Gasteiger partial charge in [0.2, 0.25) is 10.0 Å². The van der Waals surface area contributed by atoms with E-state index in [0.29, 0.717) is 32.2 Å². The number of rotatable bonds is 11. The topological polar surface area (TPSA) is 74.2 Å². The van der Waals surface area contributed by atoms with Crippen molar-refractivity contribution in [3.8, 4) is 0 Å². The summed E-state index contributed by atoms with van der Waals surface area (Å²) in [7, 11) is 0.420. The van der Waals surface area contributed by atoms with Gasteiger partial charge in [-0.1, -0.05) is 13.8 Å². The summed E-state index contributed by atoms with van der Waals surface area (Å²) in [6.45, 7) is 7.30. The summed E-state index contributed by atoms with van der Waals surface area (Å²) in [6, 6.07) is 0. The van der Waals surface area contributed by atoms with Crippen molar-refractivity contribution in [2.24, 2.45) is 10.9 Å². The summed E-state index contributed by atoms with van der Waals surface area (Å²) in [5.74, 6) is 1.53. The molecule has 1 aliphatic rings. The molecule has 0 amide bonds. The van der Waals surface area contributed by atoms with Gasteiger partial charge >= 0.3 is 0 Å². The van der Waals surface area contributed by atoms with Crippen molar-refractivity contribution >= 4 is 40.0 Å². The Morgan fingerprint density at radius 1 is 1.29 bits per heavy atom. The molecule has 1 fully saturated rings. The molecule has 1 rings (SSSR count). The smallest absolute Gasteiger partial charge is 0.215 e. The van der Waals surface area contributed by atoms with Crippen molar-refractivity contribution in [1.82, 2.24) is 14.5 Å². The molecular formula is C15H33IN4O3S. The van der Waals surface area contributed by atoms with E-state index in [1.807, 2.05) is 25.8 Å². The van der Waals surface area contributed by atoms with Gasteiger partial charge in [0.25, 0.3) is 0 Å². The van der Waals surface area contributed by atoms with Crippen molar-refractivity contribution in [1.29, 1.82) is 0 Å². The second kappa shape index (κ2) is 12.3. The van der Waals surface area contributed by atoms with Gasteiger partial charge in [0.05, 0.1) is 12.4 Å². The summed E-state index contributed by atoms with van der Waals surface area (Å²) in [6.07, 6.45) is 2.58. The molecule has 144 valence electrons. The van der Waals surface area contributed by atoms with Crippen LogP contribution in [0.25, 0.3) is 0 Å². The van der Waals surface area contributed by atoms with Gasteiger partial charge in [0.1, 0.15) is 0 Å². The van der Waals surface area contributed by atoms with Crippen LogP contribution in [-0.2, 0) is 14.8 Å². The van der Waals surface area contributed by atoms with Crippen LogP contribution >= 0.6 is 24.0 Å². The van der Waals surface area contributed by atoms with Gasteiger partial charge in [-0.3, -0.25) is 4.99 Å². The number of sulfonamides is 1. The molecule has 0 spiro atoms. The summed E-state index contributed by atoms with van der Waals surface area (Å²) in [5, 5.41) is 3.10. The van der Waals surface area contributed by atoms with E-state index in [4.69, 9.17) is 4.74 Å². The molecule has 1 aliphatic carbocycles. The van der Waals surface area contributed by atoms with Crippen LogP contribution < -0.4 is 5.32 Å². The highest BCUT2D eigenvalue weighted by molar-refractivity contribution is 14.0. The number of aliphatic imine (C=N–C) groups is 1. The van der Waals surface area contributed by atoms with E-state index >= 15 is 0 Å². The van der Waals surface area contributed by atoms with E-state index in [1.54, 1.807) is 7.05 Å². The molecule has 0 radical (unpaired) electrons. The number of hydrogen-bond donors (Lipinski definition) is 1. The highest BCUT2D eigenvalue weighted by atomic mass is 127. The number of likely N-dealkylation sites (N-methyl/N-ethyl adjacent to an activating group) is 1. The third-order valence-electron chi connectivity index (χ3n) is 3.94. The Labute approximate surface area is 164 Å². The SMILES string of the molecule is CCN(CC)S(=O)(=O)CCNC(=NC)N(C)CCOCC1CC1.I. The summed E-state index contributed by atoms with van der Waals surface area (Å²) < 4.78 is 31.3. The zero-order valence-electron chi connectivity index (χ0n) is 15.3. The van der Waals surface area contributed by atoms with E-state index in [0.717, 1.165) is 19.1 Å². The van der Waals surface area contributed by atoms with Gasteiger partial charge in [-0.2, -0.15) is 0 Å². The lowest BCUT2D eigenvalue weighted by molar-refractivity contribution is 0.115. The molecule has 0 aromatic heterocycles. The Bertz CT molecular complexity index is 465. The second-order valence-corrected chi connectivity index (χ2v) is 7.90. The van der Waals surface area contributed by atoms with Gasteiger partial charge in [-0.25, -0.2) is 12.7 Å². The van der Waals surface area contributed by atoms with Crippen LogP contribution in [0.3, 0.4) is 0 Å². The molecule has 0 bridgehead atoms. The maximum absolute atomic E-state index is 12.1. The molecule has 0 aromatic carbocycles. The standard InChI is InChI=1S/C15H32N4O3S.HI/c1-5-19(6-2)23(20,21)12-9-17-15(16-3)18(4)10-11-22-13-14-7-8-14;/h14H,5-13H2,1-4H3,(H,16,17);1H. The fraction of sp³-hybridized carbons (Fsp3) is 0.933. The Morgan fingerprint density at radius 2 is 1.92 bits per heavy atom.